The Morgan fingerprint density at radius 2 is 2.07 bits per heavy atom. The van der Waals surface area contributed by atoms with E-state index in [9.17, 15) is 8.76 Å². The van der Waals surface area contributed by atoms with Crippen LogP contribution in [0, 0.1) is 6.92 Å². The summed E-state index contributed by atoms with van der Waals surface area (Å²) >= 11 is 5.45. The van der Waals surface area contributed by atoms with Crippen LogP contribution in [-0.2, 0) is 11.8 Å². The van der Waals surface area contributed by atoms with E-state index in [1.54, 1.807) is 0 Å². The fraction of sp³-hybridized carbons (Fsp3) is 0.250. The Bertz CT molecular complexity index is 382. The molecule has 1 unspecified atom stereocenters. The Morgan fingerprint density at radius 3 is 2.50 bits per heavy atom. The van der Waals surface area contributed by atoms with Crippen LogP contribution in [-0.4, -0.2) is 8.76 Å². The molecule has 0 bridgehead atoms. The van der Waals surface area contributed by atoms with Crippen molar-refractivity contribution in [2.75, 3.05) is 0 Å². The molecule has 0 fully saturated rings. The van der Waals surface area contributed by atoms with Gasteiger partial charge >= 0.3 is 0 Å². The predicted octanol–water partition coefficient (Wildman–Crippen LogP) is 3.96. The average molecular weight is 501 g/mol. The van der Waals surface area contributed by atoms with Gasteiger partial charge in [0.2, 0.25) is 0 Å². The van der Waals surface area contributed by atoms with E-state index in [4.69, 9.17) is 0 Å². The maximum absolute atomic E-state index is 11.1. The third kappa shape index (κ3) is 2.89. The van der Waals surface area contributed by atoms with Gasteiger partial charge in [-0.2, -0.15) is 0 Å². The molecular formula is C8H7BrI2O2S. The lowest BCUT2D eigenvalue weighted by Crippen LogP contribution is -2.16. The van der Waals surface area contributed by atoms with Crippen LogP contribution in [0.2, 0.25) is 0 Å². The van der Waals surface area contributed by atoms with Crippen molar-refractivity contribution < 1.29 is 8.76 Å². The van der Waals surface area contributed by atoms with Crippen molar-refractivity contribution in [1.29, 1.82) is 0 Å². The van der Waals surface area contributed by atoms with Crippen molar-refractivity contribution in [2.45, 2.75) is 7.68 Å². The number of aryl methyl sites for hydroxylation is 1. The minimum absolute atomic E-state index is 0.777. The summed E-state index contributed by atoms with van der Waals surface area (Å²) in [6.07, 6.45) is 0. The quantitative estimate of drug-likeness (QED) is 0.379. The van der Waals surface area contributed by atoms with Gasteiger partial charge in [-0.1, -0.05) is 22.0 Å². The highest BCUT2D eigenvalue weighted by Crippen LogP contribution is 2.43. The molecule has 1 atom stereocenters. The summed E-state index contributed by atoms with van der Waals surface area (Å²) in [6, 6.07) is 5.68. The number of benzene rings is 1. The van der Waals surface area contributed by atoms with Crippen molar-refractivity contribution in [2.24, 2.45) is 0 Å². The Balaban J connectivity index is 3.26. The molecule has 0 heterocycles. The van der Waals surface area contributed by atoms with Crippen LogP contribution in [0.1, 0.15) is 11.1 Å². The molecule has 2 nitrogen and oxygen atoms in total. The van der Waals surface area contributed by atoms with Gasteiger partial charge in [-0.15, -0.1) is 0 Å². The SMILES string of the molecule is Cc1cc(Br)ccc1C(I)(I)S(=O)O. The van der Waals surface area contributed by atoms with Gasteiger partial charge in [0, 0.05) is 4.47 Å². The van der Waals surface area contributed by atoms with Crippen LogP contribution < -0.4 is 0 Å². The van der Waals surface area contributed by atoms with Crippen LogP contribution in [0.15, 0.2) is 22.7 Å². The zero-order valence-corrected chi connectivity index (χ0v) is 13.8. The van der Waals surface area contributed by atoms with E-state index in [0.29, 0.717) is 0 Å². The molecule has 78 valence electrons. The molecule has 0 spiro atoms. The molecular weight excluding hydrogens is 494 g/mol. The summed E-state index contributed by atoms with van der Waals surface area (Å²) in [6.45, 7) is 1.93. The second kappa shape index (κ2) is 5.07. The molecule has 1 aromatic rings. The number of hydrogen-bond donors (Lipinski definition) is 1. The number of hydrogen-bond acceptors (Lipinski definition) is 1. The zero-order chi connectivity index (χ0) is 10.9. The van der Waals surface area contributed by atoms with Crippen molar-refractivity contribution >= 4 is 72.2 Å². The van der Waals surface area contributed by atoms with Crippen LogP contribution in [0.5, 0.6) is 0 Å². The van der Waals surface area contributed by atoms with Crippen LogP contribution in [0.25, 0.3) is 0 Å². The van der Waals surface area contributed by atoms with Gasteiger partial charge in [0.1, 0.15) is 0 Å². The lowest BCUT2D eigenvalue weighted by molar-refractivity contribution is 0.562. The van der Waals surface area contributed by atoms with E-state index < -0.39 is 11.8 Å². The Hall–Kier alpha value is 1.27. The third-order valence-corrected chi connectivity index (χ3v) is 6.30. The highest BCUT2D eigenvalue weighted by molar-refractivity contribution is 14.2. The first-order chi connectivity index (χ1) is 6.35. The van der Waals surface area contributed by atoms with Crippen LogP contribution in [0.3, 0.4) is 0 Å². The fourth-order valence-corrected chi connectivity index (χ4v) is 3.15. The third-order valence-electron chi connectivity index (χ3n) is 1.72. The van der Waals surface area contributed by atoms with Crippen LogP contribution >= 0.6 is 61.1 Å². The second-order valence-corrected chi connectivity index (χ2v) is 11.5. The smallest absolute Gasteiger partial charge is 0.198 e. The van der Waals surface area contributed by atoms with Crippen molar-refractivity contribution in [3.8, 4) is 0 Å². The highest BCUT2D eigenvalue weighted by atomic mass is 127. The summed E-state index contributed by atoms with van der Waals surface area (Å²) in [4.78, 5) is 0. The maximum Gasteiger partial charge on any atom is 0.198 e. The van der Waals surface area contributed by atoms with Crippen LogP contribution in [0.4, 0.5) is 0 Å². The minimum atomic E-state index is -1.89. The molecule has 0 aliphatic rings. The Labute approximate surface area is 121 Å². The summed E-state index contributed by atoms with van der Waals surface area (Å²) in [5.41, 5.74) is 1.88. The molecule has 0 saturated heterocycles. The van der Waals surface area contributed by atoms with Crippen molar-refractivity contribution in [1.82, 2.24) is 0 Å². The zero-order valence-electron chi connectivity index (χ0n) is 7.13. The van der Waals surface area contributed by atoms with E-state index in [1.807, 2.05) is 70.3 Å². The molecule has 1 aromatic carbocycles. The molecule has 0 radical (unpaired) electrons. The summed E-state index contributed by atoms with van der Waals surface area (Å²) in [5.74, 6) is 0. The molecule has 0 aliphatic heterocycles. The molecule has 1 N–H and O–H groups in total. The van der Waals surface area contributed by atoms with Gasteiger partial charge in [-0.25, -0.2) is 4.21 Å². The largest absolute Gasteiger partial charge is 0.304 e. The number of alkyl halides is 2. The van der Waals surface area contributed by atoms with E-state index >= 15 is 0 Å². The predicted molar refractivity (Wildman–Crippen MR) is 79.4 cm³/mol. The molecule has 6 heteroatoms. The summed E-state index contributed by atoms with van der Waals surface area (Å²) < 4.78 is 20.5. The monoisotopic (exact) mass is 500 g/mol. The maximum atomic E-state index is 11.1. The van der Waals surface area contributed by atoms with Gasteiger partial charge in [0.15, 0.2) is 11.8 Å². The molecule has 1 rings (SSSR count). The topological polar surface area (TPSA) is 37.3 Å². The first kappa shape index (κ1) is 13.3. The first-order valence-corrected chi connectivity index (χ1v) is 7.67. The van der Waals surface area contributed by atoms with Gasteiger partial charge < -0.3 is 4.55 Å². The van der Waals surface area contributed by atoms with Gasteiger partial charge in [0.05, 0.1) is 0 Å². The standard InChI is InChI=1S/C8H7BrI2O2S/c1-5-4-6(9)2-3-7(5)8(10,11)14(12)13/h2-4H,1H3,(H,12,13). The van der Waals surface area contributed by atoms with E-state index in [1.165, 1.54) is 0 Å². The van der Waals surface area contributed by atoms with E-state index in [-0.39, 0.29) is 0 Å². The summed E-state index contributed by atoms with van der Waals surface area (Å²) in [5, 5.41) is 0. The highest BCUT2D eigenvalue weighted by Gasteiger charge is 2.33. The molecule has 0 aromatic heterocycles. The lowest BCUT2D eigenvalue weighted by Gasteiger charge is -2.19. The number of rotatable bonds is 2. The normalized spacial score (nSPS) is 14.1. The molecule has 14 heavy (non-hydrogen) atoms. The van der Waals surface area contributed by atoms with Gasteiger partial charge in [-0.3, -0.25) is 0 Å². The van der Waals surface area contributed by atoms with Crippen molar-refractivity contribution in [3.05, 3.63) is 33.8 Å². The minimum Gasteiger partial charge on any atom is -0.304 e. The number of halogens is 3. The fourth-order valence-electron chi connectivity index (χ4n) is 1.05. The first-order valence-electron chi connectivity index (χ1n) is 3.61. The lowest BCUT2D eigenvalue weighted by atomic mass is 10.1. The van der Waals surface area contributed by atoms with Gasteiger partial charge in [0.25, 0.3) is 0 Å². The molecule has 0 amide bonds. The van der Waals surface area contributed by atoms with Crippen molar-refractivity contribution in [3.63, 3.8) is 0 Å². The Morgan fingerprint density at radius 1 is 1.50 bits per heavy atom. The molecule has 0 saturated carbocycles. The molecule has 0 aliphatic carbocycles. The second-order valence-electron chi connectivity index (χ2n) is 2.73. The van der Waals surface area contributed by atoms with E-state index in [0.717, 1.165) is 15.6 Å². The van der Waals surface area contributed by atoms with Gasteiger partial charge in [-0.05, 0) is 75.4 Å². The Kier molecular flexibility index (Phi) is 4.83. The summed E-state index contributed by atoms with van der Waals surface area (Å²) in [7, 11) is 0. The van der Waals surface area contributed by atoms with E-state index in [2.05, 4.69) is 15.9 Å². The average Bonchev–Trinajstić information content (AvgIpc) is 2.02.